The lowest BCUT2D eigenvalue weighted by molar-refractivity contribution is 0.0959. The van der Waals surface area contributed by atoms with Gasteiger partial charge in [0.05, 0.1) is 0 Å². The molecule has 0 spiro atoms. The molecule has 0 unspecified atom stereocenters. The number of aromatic nitrogens is 3. The van der Waals surface area contributed by atoms with E-state index in [-0.39, 0.29) is 17.7 Å². The van der Waals surface area contributed by atoms with E-state index in [0.29, 0.717) is 12.2 Å². The number of imidazole rings is 1. The lowest BCUT2D eigenvalue weighted by Gasteiger charge is -2.14. The van der Waals surface area contributed by atoms with Crippen LogP contribution in [0.3, 0.4) is 0 Å². The molecule has 4 heteroatoms. The second-order valence-corrected chi connectivity index (χ2v) is 5.32. The van der Waals surface area contributed by atoms with Crippen molar-refractivity contribution in [2.75, 3.05) is 0 Å². The number of rotatable bonds is 5. The highest BCUT2D eigenvalue weighted by atomic mass is 16.1. The lowest BCUT2D eigenvalue weighted by atomic mass is 10.0. The van der Waals surface area contributed by atoms with E-state index in [0.717, 1.165) is 0 Å². The molecule has 2 aromatic rings. The van der Waals surface area contributed by atoms with E-state index in [1.54, 1.807) is 6.20 Å². The van der Waals surface area contributed by atoms with Gasteiger partial charge < -0.3 is 9.13 Å². The molecule has 0 radical (unpaired) electrons. The minimum atomic E-state index is 0.104. The Labute approximate surface area is 114 Å². The van der Waals surface area contributed by atoms with Crippen molar-refractivity contribution in [3.05, 3.63) is 42.2 Å². The van der Waals surface area contributed by atoms with Crippen molar-refractivity contribution in [1.82, 2.24) is 14.1 Å². The molecule has 1 atom stereocenters. The van der Waals surface area contributed by atoms with Gasteiger partial charge in [0.25, 0.3) is 0 Å². The smallest absolute Gasteiger partial charge is 0.198 e. The molecule has 0 saturated carbocycles. The van der Waals surface area contributed by atoms with Crippen LogP contribution in [0.15, 0.2) is 30.7 Å². The van der Waals surface area contributed by atoms with Crippen LogP contribution < -0.4 is 0 Å². The van der Waals surface area contributed by atoms with E-state index < -0.39 is 0 Å². The van der Waals surface area contributed by atoms with Gasteiger partial charge in [0.2, 0.25) is 0 Å². The fraction of sp³-hybridized carbons (Fsp3) is 0.467. The van der Waals surface area contributed by atoms with Gasteiger partial charge in [-0.1, -0.05) is 6.92 Å². The molecule has 0 amide bonds. The summed E-state index contributed by atoms with van der Waals surface area (Å²) >= 11 is 0. The molecule has 0 aliphatic rings. The van der Waals surface area contributed by atoms with Crippen molar-refractivity contribution < 1.29 is 4.79 Å². The van der Waals surface area contributed by atoms with Crippen LogP contribution in [-0.2, 0) is 7.05 Å². The number of ketones is 1. The van der Waals surface area contributed by atoms with Gasteiger partial charge >= 0.3 is 0 Å². The highest BCUT2D eigenvalue weighted by molar-refractivity contribution is 5.93. The first-order chi connectivity index (χ1) is 9.00. The number of nitrogens with zero attached hydrogens (tertiary/aromatic N) is 3. The van der Waals surface area contributed by atoms with Crippen LogP contribution in [-0.4, -0.2) is 19.9 Å². The second kappa shape index (κ2) is 5.43. The summed E-state index contributed by atoms with van der Waals surface area (Å²) in [5.74, 6) is 0.869. The molecule has 2 rings (SSSR count). The number of aryl methyl sites for hydroxylation is 1. The SMILES string of the molecule is CC(C)n1ccnc1C(=O)C[C@@H](C)c1cccn1C. The van der Waals surface area contributed by atoms with Crippen molar-refractivity contribution in [2.24, 2.45) is 7.05 Å². The molecule has 4 nitrogen and oxygen atoms in total. The third kappa shape index (κ3) is 2.78. The molecule has 0 saturated heterocycles. The number of carbonyl (C=O) groups is 1. The molecular weight excluding hydrogens is 238 g/mol. The zero-order valence-corrected chi connectivity index (χ0v) is 12.0. The van der Waals surface area contributed by atoms with Gasteiger partial charge in [-0.05, 0) is 26.0 Å². The van der Waals surface area contributed by atoms with Crippen LogP contribution in [0.25, 0.3) is 0 Å². The maximum atomic E-state index is 12.4. The first-order valence-electron chi connectivity index (χ1n) is 6.68. The van der Waals surface area contributed by atoms with E-state index in [4.69, 9.17) is 0 Å². The van der Waals surface area contributed by atoms with E-state index in [1.165, 1.54) is 5.69 Å². The van der Waals surface area contributed by atoms with Crippen molar-refractivity contribution in [3.63, 3.8) is 0 Å². The van der Waals surface area contributed by atoms with Crippen LogP contribution in [0, 0.1) is 0 Å². The summed E-state index contributed by atoms with van der Waals surface area (Å²) < 4.78 is 3.99. The van der Waals surface area contributed by atoms with Crippen molar-refractivity contribution in [3.8, 4) is 0 Å². The predicted octanol–water partition coefficient (Wildman–Crippen LogP) is 3.18. The van der Waals surface area contributed by atoms with E-state index in [1.807, 2.05) is 30.1 Å². The molecule has 0 aromatic carbocycles. The standard InChI is InChI=1S/C15H21N3O/c1-11(2)18-9-7-16-15(18)14(19)10-12(3)13-6-5-8-17(13)4/h5-9,11-12H,10H2,1-4H3/t12-/m1/s1. The monoisotopic (exact) mass is 259 g/mol. The van der Waals surface area contributed by atoms with Gasteiger partial charge in [0.15, 0.2) is 11.6 Å². The topological polar surface area (TPSA) is 39.8 Å². The fourth-order valence-corrected chi connectivity index (χ4v) is 2.41. The minimum absolute atomic E-state index is 0.104. The molecule has 102 valence electrons. The van der Waals surface area contributed by atoms with Gasteiger partial charge in [-0.3, -0.25) is 4.79 Å². The minimum Gasteiger partial charge on any atom is -0.354 e. The average molecular weight is 259 g/mol. The van der Waals surface area contributed by atoms with Crippen molar-refractivity contribution >= 4 is 5.78 Å². The van der Waals surface area contributed by atoms with Crippen LogP contribution in [0.5, 0.6) is 0 Å². The van der Waals surface area contributed by atoms with Gasteiger partial charge in [0, 0.05) is 49.7 Å². The second-order valence-electron chi connectivity index (χ2n) is 5.32. The summed E-state index contributed by atoms with van der Waals surface area (Å²) in [6.45, 7) is 6.19. The van der Waals surface area contributed by atoms with Gasteiger partial charge in [-0.25, -0.2) is 4.98 Å². The Morgan fingerprint density at radius 1 is 1.32 bits per heavy atom. The Bertz CT molecular complexity index is 565. The summed E-state index contributed by atoms with van der Waals surface area (Å²) in [6.07, 6.45) is 6.05. The number of hydrogen-bond donors (Lipinski definition) is 0. The maximum Gasteiger partial charge on any atom is 0.198 e. The first kappa shape index (κ1) is 13.6. The number of carbonyl (C=O) groups excluding carboxylic acids is 1. The summed E-state index contributed by atoms with van der Waals surface area (Å²) in [4.78, 5) is 16.6. The molecule has 0 fully saturated rings. The Kier molecular flexibility index (Phi) is 3.88. The van der Waals surface area contributed by atoms with Crippen molar-refractivity contribution in [2.45, 2.75) is 39.2 Å². The molecule has 19 heavy (non-hydrogen) atoms. The molecule has 0 aliphatic heterocycles. The number of hydrogen-bond acceptors (Lipinski definition) is 2. The Balaban J connectivity index is 2.13. The van der Waals surface area contributed by atoms with Crippen LogP contribution in [0.1, 0.15) is 55.5 Å². The summed E-state index contributed by atoms with van der Waals surface area (Å²) in [5.41, 5.74) is 1.18. The molecule has 2 aromatic heterocycles. The quantitative estimate of drug-likeness (QED) is 0.774. The third-order valence-corrected chi connectivity index (χ3v) is 3.45. The summed E-state index contributed by atoms with van der Waals surface area (Å²) in [6, 6.07) is 4.32. The van der Waals surface area contributed by atoms with E-state index >= 15 is 0 Å². The van der Waals surface area contributed by atoms with E-state index in [9.17, 15) is 4.79 Å². The average Bonchev–Trinajstić information content (AvgIpc) is 2.96. The maximum absolute atomic E-state index is 12.4. The van der Waals surface area contributed by atoms with Gasteiger partial charge in [-0.15, -0.1) is 0 Å². The third-order valence-electron chi connectivity index (χ3n) is 3.45. The molecule has 0 N–H and O–H groups in total. The largest absolute Gasteiger partial charge is 0.354 e. The Morgan fingerprint density at radius 3 is 2.63 bits per heavy atom. The van der Waals surface area contributed by atoms with Crippen LogP contribution in [0.4, 0.5) is 0 Å². The highest BCUT2D eigenvalue weighted by Crippen LogP contribution is 2.21. The fourth-order valence-electron chi connectivity index (χ4n) is 2.41. The molecule has 0 aliphatic carbocycles. The van der Waals surface area contributed by atoms with Crippen LogP contribution >= 0.6 is 0 Å². The molecule has 0 bridgehead atoms. The normalized spacial score (nSPS) is 12.9. The number of Topliss-reactive ketones (excluding diaryl/α,β-unsaturated/α-hetero) is 1. The lowest BCUT2D eigenvalue weighted by Crippen LogP contribution is -2.14. The Morgan fingerprint density at radius 2 is 2.05 bits per heavy atom. The first-order valence-corrected chi connectivity index (χ1v) is 6.68. The molecular formula is C15H21N3O. The predicted molar refractivity (Wildman–Crippen MR) is 75.4 cm³/mol. The van der Waals surface area contributed by atoms with E-state index in [2.05, 4.69) is 36.4 Å². The highest BCUT2D eigenvalue weighted by Gasteiger charge is 2.19. The van der Waals surface area contributed by atoms with Crippen LogP contribution in [0.2, 0.25) is 0 Å². The van der Waals surface area contributed by atoms with Gasteiger partial charge in [-0.2, -0.15) is 0 Å². The summed E-state index contributed by atoms with van der Waals surface area (Å²) in [7, 11) is 2.01. The van der Waals surface area contributed by atoms with Crippen molar-refractivity contribution in [1.29, 1.82) is 0 Å². The Hall–Kier alpha value is -1.84. The van der Waals surface area contributed by atoms with Gasteiger partial charge in [0.1, 0.15) is 0 Å². The summed E-state index contributed by atoms with van der Waals surface area (Å²) in [5, 5.41) is 0. The zero-order valence-electron chi connectivity index (χ0n) is 12.0. The zero-order chi connectivity index (χ0) is 14.0. The molecule has 2 heterocycles.